The van der Waals surface area contributed by atoms with Crippen LogP contribution < -0.4 is 5.32 Å². The number of nitrogens with zero attached hydrogens (tertiary/aromatic N) is 1. The molecule has 1 N–H and O–H groups in total. The Balaban J connectivity index is 2.21. The number of hydrogen-bond donors (Lipinski definition) is 1. The van der Waals surface area contributed by atoms with Gasteiger partial charge in [0, 0.05) is 15.7 Å². The van der Waals surface area contributed by atoms with E-state index in [-0.39, 0.29) is 5.91 Å². The van der Waals surface area contributed by atoms with Crippen LogP contribution in [0.1, 0.15) is 21.5 Å². The average molecular weight is 315 g/mol. The monoisotopic (exact) mass is 314 g/mol. The Morgan fingerprint density at radius 1 is 1.21 bits per heavy atom. The van der Waals surface area contributed by atoms with Crippen molar-refractivity contribution in [2.45, 2.75) is 6.92 Å². The summed E-state index contributed by atoms with van der Waals surface area (Å²) in [6.45, 7) is 1.89. The van der Waals surface area contributed by atoms with E-state index < -0.39 is 0 Å². The third-order valence-electron chi connectivity index (χ3n) is 2.78. The van der Waals surface area contributed by atoms with Gasteiger partial charge in [0.05, 0.1) is 11.6 Å². The van der Waals surface area contributed by atoms with Gasteiger partial charge < -0.3 is 5.32 Å². The number of anilines is 1. The minimum absolute atomic E-state index is 0.163. The number of carbonyl (C=O) groups is 1. The molecule has 2 aromatic rings. The molecule has 0 spiro atoms. The number of halogens is 1. The SMILES string of the molecule is Cc1c(Br)cccc1C(=O)Nc1ccc(C#N)cc1. The van der Waals surface area contributed by atoms with Crippen molar-refractivity contribution in [1.29, 1.82) is 5.26 Å². The van der Waals surface area contributed by atoms with Gasteiger partial charge >= 0.3 is 0 Å². The van der Waals surface area contributed by atoms with Gasteiger partial charge in [-0.2, -0.15) is 5.26 Å². The van der Waals surface area contributed by atoms with Gasteiger partial charge in [0.25, 0.3) is 5.91 Å². The zero-order valence-electron chi connectivity index (χ0n) is 10.3. The number of nitriles is 1. The Kier molecular flexibility index (Phi) is 3.98. The Labute approximate surface area is 120 Å². The van der Waals surface area contributed by atoms with E-state index >= 15 is 0 Å². The van der Waals surface area contributed by atoms with Crippen LogP contribution in [-0.2, 0) is 0 Å². The summed E-state index contributed by atoms with van der Waals surface area (Å²) in [5.41, 5.74) is 2.76. The number of hydrogen-bond acceptors (Lipinski definition) is 2. The summed E-state index contributed by atoms with van der Waals surface area (Å²) in [6, 6.07) is 14.3. The lowest BCUT2D eigenvalue weighted by atomic mass is 10.1. The predicted octanol–water partition coefficient (Wildman–Crippen LogP) is 3.88. The Bertz CT molecular complexity index is 657. The van der Waals surface area contributed by atoms with Crippen LogP contribution in [0.4, 0.5) is 5.69 Å². The molecule has 1 amide bonds. The van der Waals surface area contributed by atoms with Crippen molar-refractivity contribution in [2.24, 2.45) is 0 Å². The topological polar surface area (TPSA) is 52.9 Å². The zero-order chi connectivity index (χ0) is 13.8. The predicted molar refractivity (Wildman–Crippen MR) is 78.0 cm³/mol. The largest absolute Gasteiger partial charge is 0.322 e. The van der Waals surface area contributed by atoms with E-state index in [4.69, 9.17) is 5.26 Å². The van der Waals surface area contributed by atoms with Crippen LogP contribution >= 0.6 is 15.9 Å². The summed E-state index contributed by atoms with van der Waals surface area (Å²) in [5, 5.41) is 11.5. The molecule has 0 unspecified atom stereocenters. The highest BCUT2D eigenvalue weighted by Gasteiger charge is 2.10. The number of rotatable bonds is 2. The van der Waals surface area contributed by atoms with Gasteiger partial charge in [-0.1, -0.05) is 22.0 Å². The molecule has 0 fully saturated rings. The first-order valence-electron chi connectivity index (χ1n) is 5.68. The van der Waals surface area contributed by atoms with Crippen LogP contribution in [0.3, 0.4) is 0 Å². The smallest absolute Gasteiger partial charge is 0.255 e. The molecule has 3 nitrogen and oxygen atoms in total. The van der Waals surface area contributed by atoms with Gasteiger partial charge in [-0.25, -0.2) is 0 Å². The molecule has 0 saturated heterocycles. The van der Waals surface area contributed by atoms with Crippen molar-refractivity contribution in [2.75, 3.05) is 5.32 Å². The van der Waals surface area contributed by atoms with Crippen molar-refractivity contribution in [1.82, 2.24) is 0 Å². The fraction of sp³-hybridized carbons (Fsp3) is 0.0667. The van der Waals surface area contributed by atoms with E-state index in [9.17, 15) is 4.79 Å². The molecule has 19 heavy (non-hydrogen) atoms. The third-order valence-corrected chi connectivity index (χ3v) is 3.64. The summed E-state index contributed by atoms with van der Waals surface area (Å²) in [6.07, 6.45) is 0. The molecule has 4 heteroatoms. The van der Waals surface area contributed by atoms with E-state index in [1.54, 1.807) is 30.3 Å². The highest BCUT2D eigenvalue weighted by atomic mass is 79.9. The van der Waals surface area contributed by atoms with Crippen LogP contribution in [0, 0.1) is 18.3 Å². The molecule has 0 heterocycles. The number of nitrogens with one attached hydrogen (secondary N) is 1. The lowest BCUT2D eigenvalue weighted by Crippen LogP contribution is -2.13. The lowest BCUT2D eigenvalue weighted by molar-refractivity contribution is 0.102. The van der Waals surface area contributed by atoms with Crippen molar-refractivity contribution in [3.05, 3.63) is 63.6 Å². The lowest BCUT2D eigenvalue weighted by Gasteiger charge is -2.08. The van der Waals surface area contributed by atoms with Gasteiger partial charge in [0.1, 0.15) is 0 Å². The van der Waals surface area contributed by atoms with Crippen LogP contribution in [0.15, 0.2) is 46.9 Å². The van der Waals surface area contributed by atoms with Crippen molar-refractivity contribution in [3.8, 4) is 6.07 Å². The zero-order valence-corrected chi connectivity index (χ0v) is 11.9. The highest BCUT2D eigenvalue weighted by molar-refractivity contribution is 9.10. The minimum atomic E-state index is -0.163. The van der Waals surface area contributed by atoms with Gasteiger partial charge in [0.15, 0.2) is 0 Å². The van der Waals surface area contributed by atoms with Gasteiger partial charge in [-0.05, 0) is 48.9 Å². The fourth-order valence-corrected chi connectivity index (χ4v) is 2.05. The molecule has 94 valence electrons. The molecule has 2 rings (SSSR count). The van der Waals surface area contributed by atoms with Crippen LogP contribution in [0.5, 0.6) is 0 Å². The average Bonchev–Trinajstić information content (AvgIpc) is 2.42. The second-order valence-corrected chi connectivity index (χ2v) is 4.91. The maximum atomic E-state index is 12.1. The number of amides is 1. The molecule has 0 aliphatic carbocycles. The van der Waals surface area contributed by atoms with Crippen LogP contribution in [0.2, 0.25) is 0 Å². The minimum Gasteiger partial charge on any atom is -0.322 e. The third kappa shape index (κ3) is 3.01. The Hall–Kier alpha value is -2.12. The summed E-state index contributed by atoms with van der Waals surface area (Å²) >= 11 is 3.40. The van der Waals surface area contributed by atoms with Gasteiger partial charge in [0.2, 0.25) is 0 Å². The van der Waals surface area contributed by atoms with Crippen LogP contribution in [0.25, 0.3) is 0 Å². The van der Waals surface area contributed by atoms with E-state index in [0.717, 1.165) is 10.0 Å². The molecule has 0 saturated carbocycles. The molecular formula is C15H11BrN2O. The molecule has 0 aliphatic rings. The van der Waals surface area contributed by atoms with Gasteiger partial charge in [-0.15, -0.1) is 0 Å². The first kappa shape index (κ1) is 13.3. The van der Waals surface area contributed by atoms with Crippen LogP contribution in [-0.4, -0.2) is 5.91 Å². The van der Waals surface area contributed by atoms with Crippen molar-refractivity contribution in [3.63, 3.8) is 0 Å². The molecule has 0 atom stereocenters. The van der Waals surface area contributed by atoms with Crippen molar-refractivity contribution < 1.29 is 4.79 Å². The van der Waals surface area contributed by atoms with Gasteiger partial charge in [-0.3, -0.25) is 4.79 Å². The van der Waals surface area contributed by atoms with E-state index in [0.29, 0.717) is 16.8 Å². The molecule has 2 aromatic carbocycles. The van der Waals surface area contributed by atoms with E-state index in [1.165, 1.54) is 0 Å². The summed E-state index contributed by atoms with van der Waals surface area (Å²) in [7, 11) is 0. The first-order valence-corrected chi connectivity index (χ1v) is 6.48. The van der Waals surface area contributed by atoms with E-state index in [1.807, 2.05) is 25.1 Å². The normalized spacial score (nSPS) is 9.74. The Morgan fingerprint density at radius 3 is 2.53 bits per heavy atom. The maximum absolute atomic E-state index is 12.1. The molecule has 0 aliphatic heterocycles. The number of benzene rings is 2. The number of carbonyl (C=O) groups excluding carboxylic acids is 1. The summed E-state index contributed by atoms with van der Waals surface area (Å²) in [4.78, 5) is 12.1. The standard InChI is InChI=1S/C15H11BrN2O/c1-10-13(3-2-4-14(10)16)15(19)18-12-7-5-11(9-17)6-8-12/h2-8H,1H3,(H,18,19). The van der Waals surface area contributed by atoms with E-state index in [2.05, 4.69) is 21.2 Å². The molecular weight excluding hydrogens is 304 g/mol. The maximum Gasteiger partial charge on any atom is 0.255 e. The van der Waals surface area contributed by atoms with Crippen molar-refractivity contribution >= 4 is 27.5 Å². The second-order valence-electron chi connectivity index (χ2n) is 4.06. The second kappa shape index (κ2) is 5.68. The fourth-order valence-electron chi connectivity index (χ4n) is 1.68. The Morgan fingerprint density at radius 2 is 1.89 bits per heavy atom. The summed E-state index contributed by atoms with van der Waals surface area (Å²) < 4.78 is 0.903. The molecule has 0 bridgehead atoms. The highest BCUT2D eigenvalue weighted by Crippen LogP contribution is 2.20. The first-order chi connectivity index (χ1) is 9.11. The molecule has 0 radical (unpaired) electrons. The summed E-state index contributed by atoms with van der Waals surface area (Å²) in [5.74, 6) is -0.163. The molecule has 0 aromatic heterocycles. The quantitative estimate of drug-likeness (QED) is 0.914.